The van der Waals surface area contributed by atoms with Crippen LogP contribution in [0.1, 0.15) is 32.1 Å². The van der Waals surface area contributed by atoms with Crippen LogP contribution in [-0.2, 0) is 0 Å². The van der Waals surface area contributed by atoms with E-state index in [1.807, 2.05) is 10.6 Å². The molecular weight excluding hydrogens is 379 g/mol. The molecule has 0 aromatic carbocycles. The summed E-state index contributed by atoms with van der Waals surface area (Å²) in [5.41, 5.74) is 7.63. The van der Waals surface area contributed by atoms with E-state index in [0.717, 1.165) is 28.3 Å². The minimum atomic E-state index is 0.381. The monoisotopic (exact) mass is 398 g/mol. The zero-order valence-electron chi connectivity index (χ0n) is 11.9. The van der Waals surface area contributed by atoms with Crippen molar-refractivity contribution in [3.63, 3.8) is 0 Å². The van der Waals surface area contributed by atoms with Gasteiger partial charge in [-0.05, 0) is 53.7 Å². The normalized spacial score (nSPS) is 25.0. The first-order valence-electron chi connectivity index (χ1n) is 7.54. The van der Waals surface area contributed by atoms with Crippen LogP contribution in [0.3, 0.4) is 0 Å². The Hall–Kier alpha value is -0.960. The van der Waals surface area contributed by atoms with Gasteiger partial charge in [0.25, 0.3) is 0 Å². The van der Waals surface area contributed by atoms with Gasteiger partial charge in [0.05, 0.1) is 3.57 Å². The second-order valence-electron chi connectivity index (χ2n) is 6.28. The molecule has 1 spiro atoms. The molecule has 1 saturated carbocycles. The Morgan fingerprint density at radius 1 is 1.29 bits per heavy atom. The molecule has 0 bridgehead atoms. The van der Waals surface area contributed by atoms with Gasteiger partial charge >= 0.3 is 0 Å². The third-order valence-corrected chi connectivity index (χ3v) is 6.05. The van der Waals surface area contributed by atoms with Crippen molar-refractivity contribution in [2.45, 2.75) is 38.1 Å². The number of rotatable bonds is 1. The van der Waals surface area contributed by atoms with Crippen LogP contribution in [0.5, 0.6) is 0 Å². The summed E-state index contributed by atoms with van der Waals surface area (Å²) in [5.74, 6) is 0.955. The van der Waals surface area contributed by atoms with Crippen LogP contribution in [0.25, 0.3) is 5.65 Å². The molecule has 1 aliphatic heterocycles. The summed E-state index contributed by atoms with van der Waals surface area (Å²) in [6.45, 7) is 2.04. The molecule has 6 nitrogen and oxygen atoms in total. The van der Waals surface area contributed by atoms with Gasteiger partial charge in [0.2, 0.25) is 5.95 Å². The van der Waals surface area contributed by atoms with Crippen molar-refractivity contribution in [2.24, 2.45) is 11.1 Å². The van der Waals surface area contributed by atoms with E-state index in [4.69, 9.17) is 5.73 Å². The van der Waals surface area contributed by atoms with E-state index >= 15 is 0 Å². The molecule has 1 atom stereocenters. The Morgan fingerprint density at radius 2 is 2.10 bits per heavy atom. The lowest BCUT2D eigenvalue weighted by atomic mass is 9.74. The topological polar surface area (TPSA) is 72.3 Å². The van der Waals surface area contributed by atoms with Gasteiger partial charge < -0.3 is 10.6 Å². The second kappa shape index (κ2) is 5.05. The lowest BCUT2D eigenvalue weighted by molar-refractivity contribution is 0.197. The van der Waals surface area contributed by atoms with Crippen molar-refractivity contribution < 1.29 is 0 Å². The van der Waals surface area contributed by atoms with Gasteiger partial charge in [0, 0.05) is 25.3 Å². The van der Waals surface area contributed by atoms with Crippen LogP contribution in [0, 0.1) is 8.99 Å². The third kappa shape index (κ3) is 2.12. The highest BCUT2D eigenvalue weighted by Crippen LogP contribution is 2.45. The summed E-state index contributed by atoms with van der Waals surface area (Å²) in [4.78, 5) is 6.96. The maximum Gasteiger partial charge on any atom is 0.212 e. The van der Waals surface area contributed by atoms with E-state index < -0.39 is 0 Å². The Kier molecular flexibility index (Phi) is 3.29. The zero-order chi connectivity index (χ0) is 14.4. The van der Waals surface area contributed by atoms with Crippen LogP contribution in [0.4, 0.5) is 5.95 Å². The smallest absolute Gasteiger partial charge is 0.212 e. The highest BCUT2D eigenvalue weighted by molar-refractivity contribution is 14.1. The number of aromatic nitrogens is 4. The lowest BCUT2D eigenvalue weighted by Crippen LogP contribution is -2.47. The van der Waals surface area contributed by atoms with Crippen molar-refractivity contribution in [2.75, 3.05) is 18.0 Å². The third-order valence-electron chi connectivity index (χ3n) is 5.29. The van der Waals surface area contributed by atoms with E-state index in [1.165, 1.54) is 32.1 Å². The number of halogens is 1. The molecule has 2 aliphatic rings. The molecule has 4 rings (SSSR count). The molecule has 1 saturated heterocycles. The van der Waals surface area contributed by atoms with Crippen LogP contribution < -0.4 is 10.6 Å². The standard InChI is InChI=1S/C14H19IN6/c15-10-8-17-13(21-9-18-19-12(10)21)20-6-4-14(5-7-20)3-1-2-11(14)16/h8-9,11H,1-7,16H2/t11-/m1/s1. The van der Waals surface area contributed by atoms with Gasteiger partial charge in [-0.15, -0.1) is 10.2 Å². The molecule has 21 heavy (non-hydrogen) atoms. The number of hydrogen-bond donors (Lipinski definition) is 1. The summed E-state index contributed by atoms with van der Waals surface area (Å²) in [7, 11) is 0. The molecule has 0 amide bonds. The molecule has 2 N–H and O–H groups in total. The highest BCUT2D eigenvalue weighted by Gasteiger charge is 2.43. The first-order chi connectivity index (χ1) is 10.2. The van der Waals surface area contributed by atoms with E-state index in [0.29, 0.717) is 11.5 Å². The zero-order valence-corrected chi connectivity index (χ0v) is 14.0. The van der Waals surface area contributed by atoms with Crippen molar-refractivity contribution >= 4 is 34.2 Å². The number of nitrogens with zero attached hydrogens (tertiary/aromatic N) is 5. The number of anilines is 1. The summed E-state index contributed by atoms with van der Waals surface area (Å²) < 4.78 is 3.02. The van der Waals surface area contributed by atoms with Crippen molar-refractivity contribution in [1.82, 2.24) is 19.6 Å². The first-order valence-corrected chi connectivity index (χ1v) is 8.62. The lowest BCUT2D eigenvalue weighted by Gasteiger charge is -2.42. The summed E-state index contributed by atoms with van der Waals surface area (Å²) in [5, 5.41) is 8.20. The molecule has 0 radical (unpaired) electrons. The van der Waals surface area contributed by atoms with Gasteiger partial charge in [-0.1, -0.05) is 6.42 Å². The SMILES string of the molecule is N[C@@H]1CCCC12CCN(c1ncc(I)c3nncn13)CC2. The van der Waals surface area contributed by atoms with Gasteiger partial charge in [0.1, 0.15) is 6.33 Å². The minimum Gasteiger partial charge on any atom is -0.342 e. The molecule has 112 valence electrons. The van der Waals surface area contributed by atoms with Crippen molar-refractivity contribution in [1.29, 1.82) is 0 Å². The largest absolute Gasteiger partial charge is 0.342 e. The Morgan fingerprint density at radius 3 is 2.81 bits per heavy atom. The average molecular weight is 398 g/mol. The number of hydrogen-bond acceptors (Lipinski definition) is 5. The van der Waals surface area contributed by atoms with E-state index in [9.17, 15) is 0 Å². The first kappa shape index (κ1) is 13.7. The Balaban J connectivity index is 1.61. The van der Waals surface area contributed by atoms with Gasteiger partial charge in [-0.25, -0.2) is 4.98 Å². The maximum atomic E-state index is 6.36. The van der Waals surface area contributed by atoms with Crippen LogP contribution in [0.2, 0.25) is 0 Å². The number of piperidine rings is 1. The van der Waals surface area contributed by atoms with E-state index in [1.54, 1.807) is 6.33 Å². The van der Waals surface area contributed by atoms with Gasteiger partial charge in [-0.2, -0.15) is 0 Å². The van der Waals surface area contributed by atoms with Gasteiger partial charge in [0.15, 0.2) is 5.65 Å². The van der Waals surface area contributed by atoms with Crippen LogP contribution in [0.15, 0.2) is 12.5 Å². The molecule has 7 heteroatoms. The predicted octanol–water partition coefficient (Wildman–Crippen LogP) is 1.83. The maximum absolute atomic E-state index is 6.36. The molecule has 2 aromatic rings. The van der Waals surface area contributed by atoms with Crippen molar-refractivity contribution in [3.8, 4) is 0 Å². The Bertz CT molecular complexity index is 661. The molecule has 0 unspecified atom stereocenters. The second-order valence-corrected chi connectivity index (χ2v) is 7.44. The highest BCUT2D eigenvalue weighted by atomic mass is 127. The summed E-state index contributed by atoms with van der Waals surface area (Å²) in [6, 6.07) is 0.388. The van der Waals surface area contributed by atoms with Crippen LogP contribution in [-0.4, -0.2) is 38.7 Å². The Labute approximate surface area is 137 Å². The molecule has 1 aliphatic carbocycles. The quantitative estimate of drug-likeness (QED) is 0.743. The predicted molar refractivity (Wildman–Crippen MR) is 89.2 cm³/mol. The fourth-order valence-electron chi connectivity index (χ4n) is 3.95. The molecule has 3 heterocycles. The fourth-order valence-corrected chi connectivity index (χ4v) is 4.46. The van der Waals surface area contributed by atoms with Crippen LogP contribution >= 0.6 is 22.6 Å². The fraction of sp³-hybridized carbons (Fsp3) is 0.643. The molecule has 2 fully saturated rings. The van der Waals surface area contributed by atoms with Gasteiger partial charge in [-0.3, -0.25) is 4.40 Å². The van der Waals surface area contributed by atoms with Crippen molar-refractivity contribution in [3.05, 3.63) is 16.1 Å². The average Bonchev–Trinajstić information content (AvgIpc) is 3.10. The van der Waals surface area contributed by atoms with E-state index in [-0.39, 0.29) is 0 Å². The molecule has 2 aromatic heterocycles. The van der Waals surface area contributed by atoms with E-state index in [2.05, 4.69) is 42.7 Å². The minimum absolute atomic E-state index is 0.381. The number of nitrogens with two attached hydrogens (primary N) is 1. The molecular formula is C14H19IN6. The number of fused-ring (bicyclic) bond motifs is 1. The summed E-state index contributed by atoms with van der Waals surface area (Å²) >= 11 is 2.25. The summed E-state index contributed by atoms with van der Waals surface area (Å²) in [6.07, 6.45) is 9.76.